The van der Waals surface area contributed by atoms with Gasteiger partial charge in [-0.05, 0) is 38.5 Å². The Morgan fingerprint density at radius 3 is 2.18 bits per heavy atom. The topological polar surface area (TPSA) is 81.1 Å². The third kappa shape index (κ3) is 3.42. The van der Waals surface area contributed by atoms with Crippen molar-refractivity contribution in [1.29, 1.82) is 0 Å². The minimum atomic E-state index is -0.375. The smallest absolute Gasteiger partial charge is 0.227 e. The van der Waals surface area contributed by atoms with E-state index in [4.69, 9.17) is 11.5 Å². The van der Waals surface area contributed by atoms with Gasteiger partial charge in [0.05, 0.1) is 5.41 Å². The van der Waals surface area contributed by atoms with E-state index in [-0.39, 0.29) is 11.3 Å². The van der Waals surface area contributed by atoms with Crippen molar-refractivity contribution in [2.24, 2.45) is 16.9 Å². The van der Waals surface area contributed by atoms with Crippen molar-refractivity contribution in [3.05, 3.63) is 0 Å². The summed E-state index contributed by atoms with van der Waals surface area (Å²) in [5.74, 6) is 0.130. The van der Waals surface area contributed by atoms with Crippen LogP contribution in [0.4, 0.5) is 0 Å². The first-order chi connectivity index (χ1) is 8.07. The van der Waals surface area contributed by atoms with E-state index in [2.05, 4.69) is 5.32 Å². The SMILES string of the molecule is CCC(CC)(CN)C(=O)NC1CCC(N)CC1. The minimum absolute atomic E-state index is 0.130. The fourth-order valence-corrected chi connectivity index (χ4v) is 2.55. The van der Waals surface area contributed by atoms with Crippen LogP contribution in [-0.2, 0) is 4.79 Å². The number of rotatable bonds is 5. The highest BCUT2D eigenvalue weighted by Crippen LogP contribution is 2.26. The quantitative estimate of drug-likeness (QED) is 0.675. The number of nitrogens with one attached hydrogen (secondary N) is 1. The van der Waals surface area contributed by atoms with Crippen molar-refractivity contribution in [2.45, 2.75) is 64.5 Å². The number of amides is 1. The largest absolute Gasteiger partial charge is 0.353 e. The standard InChI is InChI=1S/C13H27N3O/c1-3-13(4-2,9-14)12(17)16-11-7-5-10(15)6-8-11/h10-11H,3-9,14-15H2,1-2H3,(H,16,17). The normalized spacial score (nSPS) is 25.6. The van der Waals surface area contributed by atoms with Gasteiger partial charge >= 0.3 is 0 Å². The van der Waals surface area contributed by atoms with E-state index in [9.17, 15) is 4.79 Å². The zero-order chi connectivity index (χ0) is 12.9. The van der Waals surface area contributed by atoms with Gasteiger partial charge in [0.1, 0.15) is 0 Å². The Bertz CT molecular complexity index is 235. The summed E-state index contributed by atoms with van der Waals surface area (Å²) in [5.41, 5.74) is 11.3. The van der Waals surface area contributed by atoms with Gasteiger partial charge in [-0.1, -0.05) is 13.8 Å². The Morgan fingerprint density at radius 1 is 1.24 bits per heavy atom. The Balaban J connectivity index is 2.52. The van der Waals surface area contributed by atoms with Crippen molar-refractivity contribution in [1.82, 2.24) is 5.32 Å². The van der Waals surface area contributed by atoms with Crippen LogP contribution in [0.2, 0.25) is 0 Å². The molecule has 0 aromatic heterocycles. The molecule has 0 unspecified atom stereocenters. The number of nitrogens with two attached hydrogens (primary N) is 2. The van der Waals surface area contributed by atoms with Crippen molar-refractivity contribution < 1.29 is 4.79 Å². The number of carbonyl (C=O) groups is 1. The molecule has 0 aromatic rings. The molecule has 0 bridgehead atoms. The minimum Gasteiger partial charge on any atom is -0.353 e. The van der Waals surface area contributed by atoms with Gasteiger partial charge in [-0.2, -0.15) is 0 Å². The highest BCUT2D eigenvalue weighted by Gasteiger charge is 2.34. The maximum Gasteiger partial charge on any atom is 0.227 e. The van der Waals surface area contributed by atoms with E-state index in [0.717, 1.165) is 38.5 Å². The van der Waals surface area contributed by atoms with Crippen molar-refractivity contribution >= 4 is 5.91 Å². The summed E-state index contributed by atoms with van der Waals surface area (Å²) in [6, 6.07) is 0.617. The van der Waals surface area contributed by atoms with Crippen LogP contribution >= 0.6 is 0 Å². The molecule has 100 valence electrons. The summed E-state index contributed by atoms with van der Waals surface area (Å²) >= 11 is 0. The number of carbonyl (C=O) groups excluding carboxylic acids is 1. The van der Waals surface area contributed by atoms with Gasteiger partial charge in [0, 0.05) is 18.6 Å². The van der Waals surface area contributed by atoms with E-state index in [0.29, 0.717) is 18.6 Å². The molecule has 1 amide bonds. The summed E-state index contributed by atoms with van der Waals surface area (Å²) in [6.07, 6.45) is 5.63. The van der Waals surface area contributed by atoms with Gasteiger partial charge < -0.3 is 16.8 Å². The zero-order valence-corrected chi connectivity index (χ0v) is 11.2. The number of hydrogen-bond donors (Lipinski definition) is 3. The summed E-state index contributed by atoms with van der Waals surface area (Å²) in [4.78, 5) is 12.3. The first-order valence-electron chi connectivity index (χ1n) is 6.84. The van der Waals surface area contributed by atoms with E-state index in [1.807, 2.05) is 13.8 Å². The lowest BCUT2D eigenvalue weighted by atomic mass is 9.80. The maximum absolute atomic E-state index is 12.3. The molecule has 4 nitrogen and oxygen atoms in total. The summed E-state index contributed by atoms with van der Waals surface area (Å²) in [7, 11) is 0. The van der Waals surface area contributed by atoms with E-state index >= 15 is 0 Å². The fourth-order valence-electron chi connectivity index (χ4n) is 2.55. The lowest BCUT2D eigenvalue weighted by Crippen LogP contribution is -2.50. The molecule has 0 radical (unpaired) electrons. The Kier molecular flexibility index (Phi) is 5.40. The first kappa shape index (κ1) is 14.5. The van der Waals surface area contributed by atoms with Crippen LogP contribution in [0, 0.1) is 5.41 Å². The molecule has 1 rings (SSSR count). The lowest BCUT2D eigenvalue weighted by Gasteiger charge is -2.33. The average Bonchev–Trinajstić information content (AvgIpc) is 2.35. The summed E-state index contributed by atoms with van der Waals surface area (Å²) < 4.78 is 0. The van der Waals surface area contributed by atoms with E-state index in [1.54, 1.807) is 0 Å². The molecule has 4 heteroatoms. The highest BCUT2D eigenvalue weighted by atomic mass is 16.2. The zero-order valence-electron chi connectivity index (χ0n) is 11.2. The predicted octanol–water partition coefficient (Wildman–Crippen LogP) is 1.14. The third-order valence-corrected chi connectivity index (χ3v) is 4.33. The van der Waals surface area contributed by atoms with Gasteiger partial charge in [-0.3, -0.25) is 4.79 Å². The molecule has 1 fully saturated rings. The van der Waals surface area contributed by atoms with Gasteiger partial charge in [0.2, 0.25) is 5.91 Å². The maximum atomic E-state index is 12.3. The van der Waals surface area contributed by atoms with Crippen LogP contribution in [0.3, 0.4) is 0 Å². The average molecular weight is 241 g/mol. The Morgan fingerprint density at radius 2 is 1.76 bits per heavy atom. The van der Waals surface area contributed by atoms with Crippen molar-refractivity contribution in [3.8, 4) is 0 Å². The molecule has 0 aliphatic heterocycles. The predicted molar refractivity (Wildman–Crippen MR) is 70.4 cm³/mol. The first-order valence-corrected chi connectivity index (χ1v) is 6.84. The van der Waals surface area contributed by atoms with Crippen LogP contribution in [0.5, 0.6) is 0 Å². The third-order valence-electron chi connectivity index (χ3n) is 4.33. The summed E-state index contributed by atoms with van der Waals surface area (Å²) in [5, 5.41) is 3.16. The molecule has 0 atom stereocenters. The van der Waals surface area contributed by atoms with Crippen LogP contribution in [0.25, 0.3) is 0 Å². The fraction of sp³-hybridized carbons (Fsp3) is 0.923. The lowest BCUT2D eigenvalue weighted by molar-refractivity contribution is -0.132. The van der Waals surface area contributed by atoms with E-state index in [1.165, 1.54) is 0 Å². The van der Waals surface area contributed by atoms with Gasteiger partial charge in [0.15, 0.2) is 0 Å². The van der Waals surface area contributed by atoms with Crippen molar-refractivity contribution in [3.63, 3.8) is 0 Å². The van der Waals surface area contributed by atoms with Crippen LogP contribution in [-0.4, -0.2) is 24.5 Å². The molecule has 1 aliphatic carbocycles. The van der Waals surface area contributed by atoms with Gasteiger partial charge in [0.25, 0.3) is 0 Å². The van der Waals surface area contributed by atoms with Gasteiger partial charge in [-0.15, -0.1) is 0 Å². The molecular formula is C13H27N3O. The monoisotopic (exact) mass is 241 g/mol. The highest BCUT2D eigenvalue weighted by molar-refractivity contribution is 5.83. The molecule has 1 aliphatic rings. The molecular weight excluding hydrogens is 214 g/mol. The second kappa shape index (κ2) is 6.36. The van der Waals surface area contributed by atoms with Crippen LogP contribution in [0.1, 0.15) is 52.4 Å². The second-order valence-electron chi connectivity index (χ2n) is 5.28. The van der Waals surface area contributed by atoms with Crippen LogP contribution in [0.15, 0.2) is 0 Å². The molecule has 0 heterocycles. The number of hydrogen-bond acceptors (Lipinski definition) is 3. The molecule has 0 aromatic carbocycles. The van der Waals surface area contributed by atoms with Gasteiger partial charge in [-0.25, -0.2) is 0 Å². The Labute approximate surface area is 105 Å². The molecule has 1 saturated carbocycles. The van der Waals surface area contributed by atoms with E-state index < -0.39 is 0 Å². The van der Waals surface area contributed by atoms with Crippen molar-refractivity contribution in [2.75, 3.05) is 6.54 Å². The molecule has 5 N–H and O–H groups in total. The Hall–Kier alpha value is -0.610. The van der Waals surface area contributed by atoms with Crippen LogP contribution < -0.4 is 16.8 Å². The molecule has 0 spiro atoms. The summed E-state index contributed by atoms with van der Waals surface area (Å²) in [6.45, 7) is 4.50. The molecule has 17 heavy (non-hydrogen) atoms. The molecule has 0 saturated heterocycles. The second-order valence-corrected chi connectivity index (χ2v) is 5.28.